The van der Waals surface area contributed by atoms with Crippen LogP contribution in [0.15, 0.2) is 88.1 Å². The normalized spacial score (nSPS) is 10.6. The van der Waals surface area contributed by atoms with E-state index in [9.17, 15) is 47.9 Å². The molecule has 0 aromatic heterocycles. The van der Waals surface area contributed by atoms with Gasteiger partial charge in [-0.3, -0.25) is 47.9 Å². The summed E-state index contributed by atoms with van der Waals surface area (Å²) in [5.74, 6) is -5.84. The van der Waals surface area contributed by atoms with Crippen molar-refractivity contribution in [2.45, 2.75) is 41.0 Å². The molecule has 5 rings (SSSR count). The number of nitrogens with zero attached hydrogens (tertiary/aromatic N) is 2. The first-order valence-electron chi connectivity index (χ1n) is 22.6. The molecule has 398 valence electrons. The summed E-state index contributed by atoms with van der Waals surface area (Å²) in [6.07, 6.45) is -0.183. The van der Waals surface area contributed by atoms with Gasteiger partial charge in [-0.2, -0.15) is 0 Å². The zero-order valence-electron chi connectivity index (χ0n) is 41.4. The van der Waals surface area contributed by atoms with Gasteiger partial charge >= 0.3 is 47.8 Å². The Bertz CT molecular complexity index is 2840. The number of anilines is 2. The predicted octanol–water partition coefficient (Wildman–Crippen LogP) is 4.25. The van der Waals surface area contributed by atoms with Crippen molar-refractivity contribution < 1.29 is 99.7 Å². The van der Waals surface area contributed by atoms with Gasteiger partial charge in [0.25, 0.3) is 0 Å². The minimum Gasteiger partial charge on any atom is -0.488 e. The van der Waals surface area contributed by atoms with Crippen molar-refractivity contribution in [1.82, 2.24) is 0 Å². The lowest BCUT2D eigenvalue weighted by molar-refractivity contribution is -0.167. The van der Waals surface area contributed by atoms with Gasteiger partial charge in [-0.05, 0) is 54.1 Å². The molecule has 1 aliphatic heterocycles. The van der Waals surface area contributed by atoms with Crippen molar-refractivity contribution in [3.63, 3.8) is 0 Å². The molecular weight excluding hydrogens is 993 g/mol. The Balaban J connectivity index is 1.54. The molecule has 2 aliphatic rings. The highest BCUT2D eigenvalue weighted by Crippen LogP contribution is 2.43. The van der Waals surface area contributed by atoms with E-state index < -0.39 is 93.6 Å². The van der Waals surface area contributed by atoms with Gasteiger partial charge in [0.1, 0.15) is 61.4 Å². The molecule has 0 N–H and O–H groups in total. The third-order valence-corrected chi connectivity index (χ3v) is 10.0. The Morgan fingerprint density at radius 2 is 1.01 bits per heavy atom. The second-order valence-corrected chi connectivity index (χ2v) is 15.7. The molecule has 0 saturated carbocycles. The number of ether oxygens (including phenoxy) is 11. The van der Waals surface area contributed by atoms with Crippen LogP contribution in [0.2, 0.25) is 0 Å². The third-order valence-electron chi connectivity index (χ3n) is 10.0. The van der Waals surface area contributed by atoms with E-state index in [4.69, 9.17) is 56.5 Å². The standard InChI is InChI=1S/C51H52N2O22/c1-31(54)64-17-16-38(60)23-52(24-48(61)72-28-68-33(3)56)42-8-6-7-9-44(42)65-18-19-66-47-20-36(10-15-43(47)53(25-49(62)73-29-69-34(4)57)26-50(63)74-30-70-35(5)58)51-40-13-11-37(59)21-45(40)75-46-22-39(12-14-41(46)51)71-27-67-32(2)55/h6-15,20-22H,16-19,23-30H2,1-5H3. The monoisotopic (exact) mass is 1040 g/mol. The maximum Gasteiger partial charge on any atom is 0.328 e. The molecule has 0 bridgehead atoms. The van der Waals surface area contributed by atoms with Gasteiger partial charge in [0.05, 0.1) is 24.5 Å². The van der Waals surface area contributed by atoms with Gasteiger partial charge in [-0.25, -0.2) is 0 Å². The molecule has 3 aromatic carbocycles. The van der Waals surface area contributed by atoms with Crippen molar-refractivity contribution in [2.75, 3.05) is 83.0 Å². The molecule has 3 aromatic rings. The van der Waals surface area contributed by atoms with E-state index in [-0.39, 0.29) is 85.0 Å². The first kappa shape index (κ1) is 56.7. The van der Waals surface area contributed by atoms with Crippen molar-refractivity contribution in [3.8, 4) is 39.7 Å². The van der Waals surface area contributed by atoms with E-state index in [0.717, 1.165) is 20.8 Å². The second-order valence-electron chi connectivity index (χ2n) is 15.7. The van der Waals surface area contributed by atoms with Crippen LogP contribution in [0.25, 0.3) is 33.4 Å². The van der Waals surface area contributed by atoms with Crippen LogP contribution in [-0.2, 0) is 81.0 Å². The Kier molecular flexibility index (Phi) is 21.3. The second kappa shape index (κ2) is 28.1. The lowest BCUT2D eigenvalue weighted by Crippen LogP contribution is -2.37. The lowest BCUT2D eigenvalue weighted by atomic mass is 9.93. The third kappa shape index (κ3) is 18.4. The molecule has 24 nitrogen and oxygen atoms in total. The van der Waals surface area contributed by atoms with Gasteiger partial charge in [0.2, 0.25) is 27.2 Å². The molecule has 0 atom stereocenters. The molecule has 0 spiro atoms. The Hall–Kier alpha value is -9.22. The Labute approximate surface area is 427 Å². The van der Waals surface area contributed by atoms with Crippen LogP contribution in [0.4, 0.5) is 11.4 Å². The largest absolute Gasteiger partial charge is 0.488 e. The van der Waals surface area contributed by atoms with Gasteiger partial charge in [-0.1, -0.05) is 18.2 Å². The topological polar surface area (TPSA) is 292 Å². The summed E-state index contributed by atoms with van der Waals surface area (Å²) in [6.45, 7) is 0.350. The van der Waals surface area contributed by atoms with Gasteiger partial charge in [-0.15, -0.1) is 0 Å². The molecule has 0 amide bonds. The number of para-hydroxylation sites is 2. The van der Waals surface area contributed by atoms with Crippen LogP contribution in [-0.4, -0.2) is 127 Å². The molecule has 1 aliphatic carbocycles. The van der Waals surface area contributed by atoms with Crippen molar-refractivity contribution in [3.05, 3.63) is 89.1 Å². The summed E-state index contributed by atoms with van der Waals surface area (Å²) in [5, 5.41) is 0.518. The number of esters is 8. The van der Waals surface area contributed by atoms with Gasteiger partial charge < -0.3 is 66.3 Å². The van der Waals surface area contributed by atoms with Crippen LogP contribution >= 0.6 is 0 Å². The highest BCUT2D eigenvalue weighted by molar-refractivity contribution is 6.03. The number of benzene rings is 4. The van der Waals surface area contributed by atoms with Crippen molar-refractivity contribution in [1.29, 1.82) is 0 Å². The van der Waals surface area contributed by atoms with Crippen LogP contribution in [0, 0.1) is 0 Å². The average Bonchev–Trinajstić information content (AvgIpc) is 3.33. The first-order chi connectivity index (χ1) is 35.9. The van der Waals surface area contributed by atoms with E-state index in [0.29, 0.717) is 22.1 Å². The minimum atomic E-state index is -0.953. The number of hydrogen-bond donors (Lipinski definition) is 0. The van der Waals surface area contributed by atoms with Gasteiger partial charge in [0.15, 0.2) is 11.2 Å². The summed E-state index contributed by atoms with van der Waals surface area (Å²) < 4.78 is 63.7. The van der Waals surface area contributed by atoms with E-state index in [1.165, 1.54) is 47.9 Å². The number of carbonyl (C=O) groups excluding carboxylic acids is 9. The lowest BCUT2D eigenvalue weighted by Gasteiger charge is -2.27. The van der Waals surface area contributed by atoms with Crippen LogP contribution in [0.5, 0.6) is 17.2 Å². The predicted molar refractivity (Wildman–Crippen MR) is 258 cm³/mol. The smallest absolute Gasteiger partial charge is 0.328 e. The maximum absolute atomic E-state index is 13.2. The summed E-state index contributed by atoms with van der Waals surface area (Å²) in [5.41, 5.74) is 1.74. The summed E-state index contributed by atoms with van der Waals surface area (Å²) in [7, 11) is 0. The average molecular weight is 1040 g/mol. The van der Waals surface area contributed by atoms with E-state index >= 15 is 0 Å². The zero-order valence-corrected chi connectivity index (χ0v) is 41.4. The van der Waals surface area contributed by atoms with Crippen LogP contribution in [0.3, 0.4) is 0 Å². The quantitative estimate of drug-likeness (QED) is 0.0222. The number of Topliss-reactive ketones (excluding diaryl/α,β-unsaturated/α-hetero) is 1. The molecule has 75 heavy (non-hydrogen) atoms. The maximum atomic E-state index is 13.2. The highest BCUT2D eigenvalue weighted by Gasteiger charge is 2.25. The fourth-order valence-electron chi connectivity index (χ4n) is 6.81. The molecule has 24 heteroatoms. The summed E-state index contributed by atoms with van der Waals surface area (Å²) in [4.78, 5) is 125. The minimum absolute atomic E-state index is 0.0318. The fourth-order valence-corrected chi connectivity index (χ4v) is 6.81. The number of ketones is 1. The molecule has 0 saturated heterocycles. The van der Waals surface area contributed by atoms with Gasteiger partial charge in [0, 0.05) is 69.7 Å². The van der Waals surface area contributed by atoms with Crippen molar-refractivity contribution >= 4 is 75.9 Å². The molecule has 0 fully saturated rings. The zero-order chi connectivity index (χ0) is 54.4. The number of hydrogen-bond acceptors (Lipinski definition) is 24. The van der Waals surface area contributed by atoms with E-state index in [1.54, 1.807) is 54.6 Å². The van der Waals surface area contributed by atoms with Crippen LogP contribution < -0.4 is 29.4 Å². The number of carbonyl (C=O) groups is 9. The van der Waals surface area contributed by atoms with E-state index in [1.807, 2.05) is 0 Å². The summed E-state index contributed by atoms with van der Waals surface area (Å²) in [6, 6.07) is 20.2. The Morgan fingerprint density at radius 3 is 1.60 bits per heavy atom. The molecular formula is C51H52N2O22. The first-order valence-corrected chi connectivity index (χ1v) is 22.6. The number of fused-ring (bicyclic) bond motifs is 2. The van der Waals surface area contributed by atoms with Crippen LogP contribution in [0.1, 0.15) is 41.0 Å². The summed E-state index contributed by atoms with van der Waals surface area (Å²) >= 11 is 0. The number of rotatable bonds is 28. The van der Waals surface area contributed by atoms with E-state index in [2.05, 4.69) is 0 Å². The SMILES string of the molecule is CC(=O)OCCC(=O)CN(CC(=O)OCOC(C)=O)c1ccccc1OCCOc1cc(-c2c3ccc(=O)cc-3oc3cc(OCOC(C)=O)ccc23)ccc1N(CC(=O)OCOC(C)=O)CC(=O)OCOC(C)=O. The Morgan fingerprint density at radius 1 is 0.480 bits per heavy atom. The molecule has 1 heterocycles. The van der Waals surface area contributed by atoms with Crippen molar-refractivity contribution in [2.24, 2.45) is 0 Å². The molecule has 0 unspecified atom stereocenters. The fraction of sp³-hybridized carbons (Fsp3) is 0.333. The highest BCUT2D eigenvalue weighted by atomic mass is 16.7. The molecule has 0 radical (unpaired) electrons.